The van der Waals surface area contributed by atoms with E-state index >= 15 is 0 Å². The monoisotopic (exact) mass is 348 g/mol. The zero-order valence-electron chi connectivity index (χ0n) is 11.3. The standard InChI is InChI=1S/C16H14BrClN2/c1-11(12-3-6-14(18)7-4-12)20(2)15-8-5-13(10-19)16(17)9-15/h3-9,11H,1-2H3. The molecule has 0 aromatic heterocycles. The Morgan fingerprint density at radius 2 is 1.85 bits per heavy atom. The number of hydrogen-bond acceptors (Lipinski definition) is 2. The SMILES string of the molecule is CC(c1ccc(Cl)cc1)N(C)c1ccc(C#N)c(Br)c1. The first-order valence-corrected chi connectivity index (χ1v) is 7.38. The highest BCUT2D eigenvalue weighted by molar-refractivity contribution is 9.10. The third kappa shape index (κ3) is 3.15. The minimum absolute atomic E-state index is 0.215. The van der Waals surface area contributed by atoms with Crippen LogP contribution in [0.25, 0.3) is 0 Å². The third-order valence-corrected chi connectivity index (χ3v) is 4.32. The molecule has 2 nitrogen and oxygen atoms in total. The number of benzene rings is 2. The lowest BCUT2D eigenvalue weighted by atomic mass is 10.1. The first-order chi connectivity index (χ1) is 9.52. The molecule has 2 rings (SSSR count). The number of halogens is 2. The van der Waals surface area contributed by atoms with Crippen molar-refractivity contribution < 1.29 is 0 Å². The van der Waals surface area contributed by atoms with Crippen molar-refractivity contribution in [3.63, 3.8) is 0 Å². The van der Waals surface area contributed by atoms with Crippen molar-refractivity contribution in [2.24, 2.45) is 0 Å². The predicted molar refractivity (Wildman–Crippen MR) is 87.1 cm³/mol. The lowest BCUT2D eigenvalue weighted by molar-refractivity contribution is 0.739. The smallest absolute Gasteiger partial charge is 0.100 e. The van der Waals surface area contributed by atoms with Crippen LogP contribution in [0.3, 0.4) is 0 Å². The Hall–Kier alpha value is -1.50. The summed E-state index contributed by atoms with van der Waals surface area (Å²) in [6.45, 7) is 2.13. The summed E-state index contributed by atoms with van der Waals surface area (Å²) >= 11 is 9.34. The molecule has 0 radical (unpaired) electrons. The maximum absolute atomic E-state index is 8.96. The van der Waals surface area contributed by atoms with Gasteiger partial charge in [-0.3, -0.25) is 0 Å². The minimum atomic E-state index is 0.215. The summed E-state index contributed by atoms with van der Waals surface area (Å²) < 4.78 is 0.813. The Morgan fingerprint density at radius 3 is 2.40 bits per heavy atom. The Balaban J connectivity index is 2.26. The van der Waals surface area contributed by atoms with Crippen molar-refractivity contribution in [2.75, 3.05) is 11.9 Å². The fourth-order valence-corrected chi connectivity index (χ4v) is 2.58. The molecule has 0 bridgehead atoms. The number of rotatable bonds is 3. The van der Waals surface area contributed by atoms with E-state index < -0.39 is 0 Å². The van der Waals surface area contributed by atoms with E-state index in [0.717, 1.165) is 15.2 Å². The topological polar surface area (TPSA) is 27.0 Å². The molecule has 0 aliphatic carbocycles. The molecule has 0 aliphatic heterocycles. The van der Waals surface area contributed by atoms with Crippen LogP contribution in [-0.4, -0.2) is 7.05 Å². The summed E-state index contributed by atoms with van der Waals surface area (Å²) in [5.41, 5.74) is 2.89. The first-order valence-electron chi connectivity index (χ1n) is 6.21. The molecule has 20 heavy (non-hydrogen) atoms. The summed E-state index contributed by atoms with van der Waals surface area (Å²) in [6.07, 6.45) is 0. The van der Waals surface area contributed by atoms with Gasteiger partial charge in [-0.05, 0) is 58.7 Å². The van der Waals surface area contributed by atoms with E-state index in [1.807, 2.05) is 49.5 Å². The summed E-state index contributed by atoms with van der Waals surface area (Å²) in [7, 11) is 2.03. The number of hydrogen-bond donors (Lipinski definition) is 0. The molecule has 0 heterocycles. The van der Waals surface area contributed by atoms with Crippen LogP contribution in [-0.2, 0) is 0 Å². The molecule has 4 heteroatoms. The highest BCUT2D eigenvalue weighted by Gasteiger charge is 2.13. The van der Waals surface area contributed by atoms with E-state index in [9.17, 15) is 0 Å². The van der Waals surface area contributed by atoms with Gasteiger partial charge in [0, 0.05) is 22.2 Å². The molecule has 0 amide bonds. The molecule has 102 valence electrons. The van der Waals surface area contributed by atoms with Gasteiger partial charge in [-0.2, -0.15) is 5.26 Å². The lowest BCUT2D eigenvalue weighted by Crippen LogP contribution is -2.21. The van der Waals surface area contributed by atoms with Crippen LogP contribution < -0.4 is 4.90 Å². The molecule has 0 fully saturated rings. The van der Waals surface area contributed by atoms with Crippen molar-refractivity contribution in [3.8, 4) is 6.07 Å². The van der Waals surface area contributed by atoms with Crippen LogP contribution in [0.15, 0.2) is 46.9 Å². The molecule has 0 spiro atoms. The maximum Gasteiger partial charge on any atom is 0.100 e. The van der Waals surface area contributed by atoms with Crippen molar-refractivity contribution in [1.82, 2.24) is 0 Å². The molecule has 1 unspecified atom stereocenters. The third-order valence-electron chi connectivity index (χ3n) is 3.41. The van der Waals surface area contributed by atoms with E-state index in [1.165, 1.54) is 5.56 Å². The van der Waals surface area contributed by atoms with E-state index in [-0.39, 0.29) is 6.04 Å². The highest BCUT2D eigenvalue weighted by atomic mass is 79.9. The van der Waals surface area contributed by atoms with E-state index in [2.05, 4.69) is 33.8 Å². The summed E-state index contributed by atoms with van der Waals surface area (Å²) in [4.78, 5) is 2.16. The molecule has 2 aromatic rings. The van der Waals surface area contributed by atoms with Crippen molar-refractivity contribution >= 4 is 33.2 Å². The van der Waals surface area contributed by atoms with Gasteiger partial charge in [0.15, 0.2) is 0 Å². The summed E-state index contributed by atoms with van der Waals surface area (Å²) in [5.74, 6) is 0. The molecular formula is C16H14BrClN2. The molecule has 0 saturated heterocycles. The van der Waals surface area contributed by atoms with Crippen LogP contribution >= 0.6 is 27.5 Å². The lowest BCUT2D eigenvalue weighted by Gasteiger charge is -2.27. The second-order valence-corrected chi connectivity index (χ2v) is 5.91. The zero-order chi connectivity index (χ0) is 14.7. The Bertz CT molecular complexity index is 647. The predicted octanol–water partition coefficient (Wildman–Crippen LogP) is 5.17. The average Bonchev–Trinajstić information content (AvgIpc) is 2.46. The van der Waals surface area contributed by atoms with Gasteiger partial charge in [0.2, 0.25) is 0 Å². The van der Waals surface area contributed by atoms with Crippen LogP contribution in [0.5, 0.6) is 0 Å². The van der Waals surface area contributed by atoms with Gasteiger partial charge in [-0.1, -0.05) is 23.7 Å². The largest absolute Gasteiger partial charge is 0.368 e. The minimum Gasteiger partial charge on any atom is -0.368 e. The normalized spacial score (nSPS) is 11.8. The number of nitriles is 1. The molecule has 0 aliphatic rings. The summed E-state index contributed by atoms with van der Waals surface area (Å²) in [6, 6.07) is 16.0. The van der Waals surface area contributed by atoms with Gasteiger partial charge in [0.05, 0.1) is 11.6 Å². The Kier molecular flexibility index (Phi) is 4.69. The average molecular weight is 350 g/mol. The van der Waals surface area contributed by atoms with Crippen LogP contribution in [0.4, 0.5) is 5.69 Å². The second kappa shape index (κ2) is 6.30. The van der Waals surface area contributed by atoms with Crippen molar-refractivity contribution in [3.05, 3.63) is 63.1 Å². The van der Waals surface area contributed by atoms with Crippen LogP contribution in [0, 0.1) is 11.3 Å². The van der Waals surface area contributed by atoms with E-state index in [0.29, 0.717) is 5.56 Å². The fraction of sp³-hybridized carbons (Fsp3) is 0.188. The van der Waals surface area contributed by atoms with Crippen molar-refractivity contribution in [1.29, 1.82) is 5.26 Å². The van der Waals surface area contributed by atoms with Crippen LogP contribution in [0.2, 0.25) is 5.02 Å². The Labute approximate surface area is 132 Å². The molecule has 0 saturated carbocycles. The highest BCUT2D eigenvalue weighted by Crippen LogP contribution is 2.29. The molecule has 0 N–H and O–H groups in total. The van der Waals surface area contributed by atoms with Gasteiger partial charge >= 0.3 is 0 Å². The van der Waals surface area contributed by atoms with Gasteiger partial charge in [0.1, 0.15) is 6.07 Å². The van der Waals surface area contributed by atoms with Crippen molar-refractivity contribution in [2.45, 2.75) is 13.0 Å². The Morgan fingerprint density at radius 1 is 1.20 bits per heavy atom. The van der Waals surface area contributed by atoms with Gasteiger partial charge in [0.25, 0.3) is 0 Å². The van der Waals surface area contributed by atoms with E-state index in [4.69, 9.17) is 16.9 Å². The fourth-order valence-electron chi connectivity index (χ4n) is 2.00. The summed E-state index contributed by atoms with van der Waals surface area (Å²) in [5, 5.41) is 9.70. The quantitative estimate of drug-likeness (QED) is 0.764. The molecule has 2 aromatic carbocycles. The zero-order valence-corrected chi connectivity index (χ0v) is 13.6. The second-order valence-electron chi connectivity index (χ2n) is 4.61. The van der Waals surface area contributed by atoms with Gasteiger partial charge in [-0.15, -0.1) is 0 Å². The van der Waals surface area contributed by atoms with Crippen LogP contribution in [0.1, 0.15) is 24.1 Å². The molecule has 1 atom stereocenters. The van der Waals surface area contributed by atoms with Gasteiger partial charge in [-0.25, -0.2) is 0 Å². The van der Waals surface area contributed by atoms with Gasteiger partial charge < -0.3 is 4.90 Å². The maximum atomic E-state index is 8.96. The number of anilines is 1. The van der Waals surface area contributed by atoms with E-state index in [1.54, 1.807) is 0 Å². The molecular weight excluding hydrogens is 336 g/mol. The first kappa shape index (κ1) is 14.9. The number of nitrogens with zero attached hydrogens (tertiary/aromatic N) is 2.